The number of nitrogens with two attached hydrogens (primary N) is 1. The second-order valence-corrected chi connectivity index (χ2v) is 3.80. The minimum absolute atomic E-state index is 0.0854. The van der Waals surface area contributed by atoms with E-state index in [0.717, 1.165) is 11.8 Å². The summed E-state index contributed by atoms with van der Waals surface area (Å²) in [5.41, 5.74) is 5.53. The Balaban J connectivity index is 2.20. The van der Waals surface area contributed by atoms with Crippen LogP contribution < -0.4 is 10.5 Å². The molecule has 0 atom stereocenters. The largest absolute Gasteiger partial charge is 0.464 e. The molecular weight excluding hydrogens is 244 g/mol. The van der Waals surface area contributed by atoms with Gasteiger partial charge in [0.15, 0.2) is 0 Å². The number of anilines is 1. The number of ether oxygens (including phenoxy) is 1. The van der Waals surface area contributed by atoms with Crippen molar-refractivity contribution in [2.24, 2.45) is 0 Å². The van der Waals surface area contributed by atoms with Gasteiger partial charge < -0.3 is 14.9 Å². The van der Waals surface area contributed by atoms with E-state index in [2.05, 4.69) is 25.1 Å². The molecule has 17 heavy (non-hydrogen) atoms. The third-order valence-electron chi connectivity index (χ3n) is 1.57. The molecule has 0 radical (unpaired) electrons. The Labute approximate surface area is 101 Å². The third kappa shape index (κ3) is 3.03. The van der Waals surface area contributed by atoms with Crippen LogP contribution >= 0.6 is 11.8 Å². The van der Waals surface area contributed by atoms with Gasteiger partial charge in [0.05, 0.1) is 6.61 Å². The highest BCUT2D eigenvalue weighted by atomic mass is 32.2. The lowest BCUT2D eigenvalue weighted by molar-refractivity contribution is 0.308. The zero-order valence-corrected chi connectivity index (χ0v) is 10.1. The highest BCUT2D eigenvalue weighted by molar-refractivity contribution is 7.98. The van der Waals surface area contributed by atoms with Crippen LogP contribution in [0.5, 0.6) is 6.01 Å². The van der Waals surface area contributed by atoms with Crippen LogP contribution in [0.4, 0.5) is 5.95 Å². The molecule has 2 rings (SSSR count). The number of nitrogens with zero attached hydrogens (tertiary/aromatic N) is 5. The summed E-state index contributed by atoms with van der Waals surface area (Å²) in [5, 5.41) is 8.20. The molecule has 0 amide bonds. The molecule has 90 valence electrons. The summed E-state index contributed by atoms with van der Waals surface area (Å²) < 4.78 is 10.3. The summed E-state index contributed by atoms with van der Waals surface area (Å²) >= 11 is 1.10. The van der Waals surface area contributed by atoms with Crippen LogP contribution in [0.25, 0.3) is 0 Å². The van der Waals surface area contributed by atoms with Crippen molar-refractivity contribution >= 4 is 17.7 Å². The average Bonchev–Trinajstić information content (AvgIpc) is 2.63. The Kier molecular flexibility index (Phi) is 3.38. The molecule has 0 spiro atoms. The summed E-state index contributed by atoms with van der Waals surface area (Å²) in [6.45, 7) is 3.98. The fraction of sp³-hybridized carbons (Fsp3) is 0.375. The number of aryl methyl sites for hydroxylation is 1. The first-order valence-corrected chi connectivity index (χ1v) is 5.61. The van der Waals surface area contributed by atoms with E-state index in [4.69, 9.17) is 14.9 Å². The average molecular weight is 254 g/mol. The summed E-state index contributed by atoms with van der Waals surface area (Å²) in [4.78, 5) is 11.8. The minimum Gasteiger partial charge on any atom is -0.464 e. The lowest BCUT2D eigenvalue weighted by atomic mass is 10.8. The van der Waals surface area contributed by atoms with Gasteiger partial charge in [-0.2, -0.15) is 15.0 Å². The first-order valence-electron chi connectivity index (χ1n) is 4.79. The highest BCUT2D eigenvalue weighted by Crippen LogP contribution is 2.24. The predicted molar refractivity (Wildman–Crippen MR) is 58.6 cm³/mol. The Morgan fingerprint density at radius 3 is 2.76 bits per heavy atom. The first-order chi connectivity index (χ1) is 8.17. The summed E-state index contributed by atoms with van der Waals surface area (Å²) in [6.07, 6.45) is 0. The van der Waals surface area contributed by atoms with Crippen molar-refractivity contribution in [2.75, 3.05) is 12.3 Å². The topological polar surface area (TPSA) is 113 Å². The SMILES string of the molecule is CCOc1nc(N)nc(Sc2nnc(C)o2)n1. The van der Waals surface area contributed by atoms with E-state index < -0.39 is 0 Å². The molecule has 0 unspecified atom stereocenters. The van der Waals surface area contributed by atoms with E-state index in [1.54, 1.807) is 6.92 Å². The van der Waals surface area contributed by atoms with Crippen LogP contribution in [0, 0.1) is 6.92 Å². The normalized spacial score (nSPS) is 10.5. The van der Waals surface area contributed by atoms with Gasteiger partial charge in [0.25, 0.3) is 5.22 Å². The third-order valence-corrected chi connectivity index (χ3v) is 2.28. The number of nitrogen functional groups attached to an aromatic ring is 1. The van der Waals surface area contributed by atoms with Gasteiger partial charge in [-0.15, -0.1) is 10.2 Å². The molecule has 2 heterocycles. The zero-order valence-electron chi connectivity index (χ0n) is 9.25. The van der Waals surface area contributed by atoms with E-state index >= 15 is 0 Å². The number of hydrogen-bond acceptors (Lipinski definition) is 9. The van der Waals surface area contributed by atoms with Crippen molar-refractivity contribution in [1.82, 2.24) is 25.1 Å². The molecule has 0 aliphatic carbocycles. The van der Waals surface area contributed by atoms with Gasteiger partial charge in [0.2, 0.25) is 17.0 Å². The van der Waals surface area contributed by atoms with Gasteiger partial charge in [0.1, 0.15) is 0 Å². The van der Waals surface area contributed by atoms with Crippen molar-refractivity contribution in [1.29, 1.82) is 0 Å². The standard InChI is InChI=1S/C8H10N6O2S/c1-3-15-6-10-5(9)11-7(12-6)17-8-14-13-4(2)16-8/h3H2,1-2H3,(H2,9,10,11,12). The fourth-order valence-corrected chi connectivity index (χ4v) is 1.65. The highest BCUT2D eigenvalue weighted by Gasteiger charge is 2.11. The van der Waals surface area contributed by atoms with Crippen molar-refractivity contribution in [3.05, 3.63) is 5.89 Å². The molecule has 9 heteroatoms. The predicted octanol–water partition coefficient (Wildman–Crippen LogP) is 0.695. The summed E-state index contributed by atoms with van der Waals surface area (Å²) in [6, 6.07) is 0.179. The Bertz CT molecular complexity index is 516. The lowest BCUT2D eigenvalue weighted by Gasteiger charge is -2.02. The van der Waals surface area contributed by atoms with Gasteiger partial charge in [-0.25, -0.2) is 0 Å². The van der Waals surface area contributed by atoms with Crippen LogP contribution in [-0.4, -0.2) is 31.8 Å². The Morgan fingerprint density at radius 2 is 2.12 bits per heavy atom. The van der Waals surface area contributed by atoms with Gasteiger partial charge >= 0.3 is 6.01 Å². The second-order valence-electron chi connectivity index (χ2n) is 2.88. The maximum Gasteiger partial charge on any atom is 0.322 e. The molecule has 0 saturated carbocycles. The van der Waals surface area contributed by atoms with Crippen molar-refractivity contribution in [3.8, 4) is 6.01 Å². The van der Waals surface area contributed by atoms with E-state index in [-0.39, 0.29) is 12.0 Å². The zero-order chi connectivity index (χ0) is 12.3. The number of aromatic nitrogens is 5. The maximum absolute atomic E-state index is 5.53. The molecular formula is C8H10N6O2S. The Hall–Kier alpha value is -1.90. The van der Waals surface area contributed by atoms with Crippen LogP contribution in [0.15, 0.2) is 14.8 Å². The van der Waals surface area contributed by atoms with E-state index in [1.165, 1.54) is 0 Å². The van der Waals surface area contributed by atoms with Crippen LogP contribution in [0.2, 0.25) is 0 Å². The summed E-state index contributed by atoms with van der Waals surface area (Å²) in [5.74, 6) is 0.557. The Morgan fingerprint density at radius 1 is 1.29 bits per heavy atom. The molecule has 2 aromatic rings. The van der Waals surface area contributed by atoms with E-state index in [0.29, 0.717) is 22.9 Å². The molecule has 0 bridgehead atoms. The first kappa shape index (κ1) is 11.6. The quantitative estimate of drug-likeness (QED) is 0.841. The number of hydrogen-bond donors (Lipinski definition) is 1. The van der Waals surface area contributed by atoms with Gasteiger partial charge in [-0.3, -0.25) is 0 Å². The second kappa shape index (κ2) is 4.95. The lowest BCUT2D eigenvalue weighted by Crippen LogP contribution is -2.04. The molecule has 0 saturated heterocycles. The molecule has 0 aromatic carbocycles. The minimum atomic E-state index is 0.0854. The van der Waals surface area contributed by atoms with Crippen molar-refractivity contribution in [2.45, 2.75) is 24.2 Å². The van der Waals surface area contributed by atoms with Gasteiger partial charge in [-0.05, 0) is 6.92 Å². The molecule has 8 nitrogen and oxygen atoms in total. The summed E-state index contributed by atoms with van der Waals surface area (Å²) in [7, 11) is 0. The molecule has 2 aromatic heterocycles. The van der Waals surface area contributed by atoms with Crippen molar-refractivity contribution in [3.63, 3.8) is 0 Å². The van der Waals surface area contributed by atoms with Gasteiger partial charge in [0, 0.05) is 18.7 Å². The smallest absolute Gasteiger partial charge is 0.322 e. The molecule has 0 aliphatic heterocycles. The van der Waals surface area contributed by atoms with Crippen molar-refractivity contribution < 1.29 is 9.15 Å². The van der Waals surface area contributed by atoms with Crippen LogP contribution in [-0.2, 0) is 0 Å². The van der Waals surface area contributed by atoms with E-state index in [9.17, 15) is 0 Å². The molecule has 0 fully saturated rings. The molecule has 2 N–H and O–H groups in total. The fourth-order valence-electron chi connectivity index (χ4n) is 0.990. The van der Waals surface area contributed by atoms with E-state index in [1.807, 2.05) is 6.92 Å². The van der Waals surface area contributed by atoms with Crippen LogP contribution in [0.1, 0.15) is 12.8 Å². The van der Waals surface area contributed by atoms with Crippen LogP contribution in [0.3, 0.4) is 0 Å². The molecule has 0 aliphatic rings. The van der Waals surface area contributed by atoms with Gasteiger partial charge in [-0.1, -0.05) is 0 Å². The maximum atomic E-state index is 5.53. The monoisotopic (exact) mass is 254 g/mol. The number of rotatable bonds is 4.